The maximum Gasteiger partial charge on any atom is 0.338 e. The van der Waals surface area contributed by atoms with Crippen molar-refractivity contribution in [2.24, 2.45) is 4.99 Å². The van der Waals surface area contributed by atoms with E-state index < -0.39 is 29.4 Å². The number of thiophene rings is 1. The minimum Gasteiger partial charge on any atom is -0.463 e. The quantitative estimate of drug-likeness (QED) is 0.521. The summed E-state index contributed by atoms with van der Waals surface area (Å²) in [5.74, 6) is -1.52. The molecule has 2 aliphatic heterocycles. The lowest BCUT2D eigenvalue weighted by atomic mass is 10.0. The molecule has 4 heterocycles. The minimum atomic E-state index is -0.722. The summed E-state index contributed by atoms with van der Waals surface area (Å²) in [6.45, 7) is 4.92. The fourth-order valence-electron chi connectivity index (χ4n) is 4.31. The largest absolute Gasteiger partial charge is 0.463 e. The third kappa shape index (κ3) is 3.21. The minimum absolute atomic E-state index is 0.165. The fraction of sp³-hybridized carbons (Fsp3) is 0.208. The summed E-state index contributed by atoms with van der Waals surface area (Å²) in [4.78, 5) is 59.0. The summed E-state index contributed by atoms with van der Waals surface area (Å²) in [5.41, 5.74) is 1.43. The van der Waals surface area contributed by atoms with Gasteiger partial charge in [0.1, 0.15) is 10.6 Å². The van der Waals surface area contributed by atoms with Crippen LogP contribution in [0.3, 0.4) is 0 Å². The number of benzene rings is 1. The SMILES string of the molecule is CCOC(=O)C1=C(C)N=c2sc(=C3C(=O)N(C(C)=O)c4ccccc43)c(=O)n2[C@H]1c1cccs1. The van der Waals surface area contributed by atoms with E-state index in [1.54, 1.807) is 38.1 Å². The van der Waals surface area contributed by atoms with Crippen molar-refractivity contribution < 1.29 is 19.1 Å². The molecule has 8 nitrogen and oxygen atoms in total. The standard InChI is InChI=1S/C24H19N3O5S2/c1-4-32-23(31)17-12(2)25-24-27(19(17)16-10-7-11-33-16)22(30)20(34-24)18-14-8-5-6-9-15(14)26(13(3)28)21(18)29/h5-11,19H,4H2,1-3H3/t19-/m0/s1. The predicted molar refractivity (Wildman–Crippen MR) is 128 cm³/mol. The van der Waals surface area contributed by atoms with Gasteiger partial charge in [-0.3, -0.25) is 19.0 Å². The number of hydrogen-bond acceptors (Lipinski definition) is 8. The molecule has 10 heteroatoms. The highest BCUT2D eigenvalue weighted by Crippen LogP contribution is 2.36. The van der Waals surface area contributed by atoms with E-state index in [2.05, 4.69) is 4.99 Å². The summed E-state index contributed by atoms with van der Waals surface area (Å²) in [5, 5.41) is 1.87. The fourth-order valence-corrected chi connectivity index (χ4v) is 6.27. The second kappa shape index (κ2) is 8.30. The van der Waals surface area contributed by atoms with Crippen molar-refractivity contribution in [3.63, 3.8) is 0 Å². The van der Waals surface area contributed by atoms with Crippen LogP contribution in [0, 0.1) is 0 Å². The Morgan fingerprint density at radius 2 is 1.91 bits per heavy atom. The van der Waals surface area contributed by atoms with Crippen LogP contribution in [-0.2, 0) is 19.1 Å². The number of esters is 1. The van der Waals surface area contributed by atoms with E-state index in [1.165, 1.54) is 22.8 Å². The van der Waals surface area contributed by atoms with Gasteiger partial charge in [-0.05, 0) is 31.4 Å². The van der Waals surface area contributed by atoms with Crippen molar-refractivity contribution in [2.45, 2.75) is 26.8 Å². The van der Waals surface area contributed by atoms with Gasteiger partial charge in [-0.25, -0.2) is 14.7 Å². The summed E-state index contributed by atoms with van der Waals surface area (Å²) in [7, 11) is 0. The molecule has 2 aliphatic rings. The van der Waals surface area contributed by atoms with E-state index in [0.717, 1.165) is 21.1 Å². The molecule has 172 valence electrons. The number of rotatable bonds is 3. The molecule has 0 spiro atoms. The second-order valence-corrected chi connectivity index (χ2v) is 9.65. The number of aromatic nitrogens is 1. The van der Waals surface area contributed by atoms with Gasteiger partial charge < -0.3 is 4.74 Å². The van der Waals surface area contributed by atoms with Gasteiger partial charge in [0, 0.05) is 17.4 Å². The Hall–Kier alpha value is -3.63. The number of carbonyl (C=O) groups excluding carboxylic acids is 3. The Morgan fingerprint density at radius 3 is 2.59 bits per heavy atom. The molecule has 0 aliphatic carbocycles. The second-order valence-electron chi connectivity index (χ2n) is 7.69. The Labute approximate surface area is 201 Å². The molecule has 0 bridgehead atoms. The van der Waals surface area contributed by atoms with E-state index in [4.69, 9.17) is 4.74 Å². The molecule has 0 saturated carbocycles. The number of hydrogen-bond donors (Lipinski definition) is 0. The van der Waals surface area contributed by atoms with Crippen LogP contribution < -0.4 is 19.8 Å². The number of allylic oxidation sites excluding steroid dienone is 1. The van der Waals surface area contributed by atoms with Crippen LogP contribution >= 0.6 is 22.7 Å². The van der Waals surface area contributed by atoms with Crippen molar-refractivity contribution in [3.8, 4) is 0 Å². The molecular weight excluding hydrogens is 474 g/mol. The average molecular weight is 494 g/mol. The zero-order valence-electron chi connectivity index (χ0n) is 18.5. The number of amides is 2. The Kier molecular flexibility index (Phi) is 5.41. The van der Waals surface area contributed by atoms with Crippen molar-refractivity contribution in [1.82, 2.24) is 4.57 Å². The molecule has 1 atom stereocenters. The maximum absolute atomic E-state index is 13.8. The van der Waals surface area contributed by atoms with E-state index in [-0.39, 0.29) is 22.3 Å². The highest BCUT2D eigenvalue weighted by atomic mass is 32.1. The number of ether oxygens (including phenoxy) is 1. The Morgan fingerprint density at radius 1 is 1.15 bits per heavy atom. The maximum atomic E-state index is 13.8. The Bertz CT molecular complexity index is 1580. The van der Waals surface area contributed by atoms with Crippen LogP contribution in [0.15, 0.2) is 62.8 Å². The number of fused-ring (bicyclic) bond motifs is 2. The van der Waals surface area contributed by atoms with E-state index in [0.29, 0.717) is 21.7 Å². The van der Waals surface area contributed by atoms with Crippen molar-refractivity contribution >= 4 is 51.7 Å². The summed E-state index contributed by atoms with van der Waals surface area (Å²) in [6.07, 6.45) is 0. The van der Waals surface area contributed by atoms with Crippen LogP contribution in [0.1, 0.15) is 37.3 Å². The number of imide groups is 1. The van der Waals surface area contributed by atoms with Gasteiger partial charge in [0.15, 0.2) is 4.80 Å². The summed E-state index contributed by atoms with van der Waals surface area (Å²) < 4.78 is 6.91. The highest BCUT2D eigenvalue weighted by Gasteiger charge is 2.38. The summed E-state index contributed by atoms with van der Waals surface area (Å²) >= 11 is 2.49. The number of nitrogens with zero attached hydrogens (tertiary/aromatic N) is 3. The van der Waals surface area contributed by atoms with Gasteiger partial charge in [0.25, 0.3) is 11.5 Å². The van der Waals surface area contributed by atoms with E-state index in [9.17, 15) is 19.2 Å². The molecule has 2 amide bonds. The Balaban J connectivity index is 1.83. The van der Waals surface area contributed by atoms with E-state index >= 15 is 0 Å². The molecule has 0 fully saturated rings. The normalized spacial score (nSPS) is 18.5. The van der Waals surface area contributed by atoms with Gasteiger partial charge in [-0.15, -0.1) is 11.3 Å². The van der Waals surface area contributed by atoms with Crippen LogP contribution in [0.2, 0.25) is 0 Å². The van der Waals surface area contributed by atoms with Crippen molar-refractivity contribution in [1.29, 1.82) is 0 Å². The molecule has 1 aromatic carbocycles. The monoisotopic (exact) mass is 493 g/mol. The van der Waals surface area contributed by atoms with Gasteiger partial charge in [0.2, 0.25) is 5.91 Å². The number of para-hydroxylation sites is 1. The smallest absolute Gasteiger partial charge is 0.338 e. The first kappa shape index (κ1) is 22.2. The van der Waals surface area contributed by atoms with Crippen LogP contribution in [0.4, 0.5) is 5.69 Å². The molecule has 0 radical (unpaired) electrons. The lowest BCUT2D eigenvalue weighted by Crippen LogP contribution is -2.41. The molecule has 0 N–H and O–H groups in total. The lowest BCUT2D eigenvalue weighted by molar-refractivity contribution is -0.139. The third-order valence-corrected chi connectivity index (χ3v) is 7.66. The molecule has 2 aromatic heterocycles. The van der Waals surface area contributed by atoms with Gasteiger partial charge in [-0.1, -0.05) is 35.6 Å². The van der Waals surface area contributed by atoms with Gasteiger partial charge in [-0.2, -0.15) is 0 Å². The van der Waals surface area contributed by atoms with Crippen LogP contribution in [0.25, 0.3) is 5.57 Å². The lowest BCUT2D eigenvalue weighted by Gasteiger charge is -2.23. The molecule has 0 unspecified atom stereocenters. The van der Waals surface area contributed by atoms with Crippen molar-refractivity contribution in [3.05, 3.63) is 83.2 Å². The molecule has 0 saturated heterocycles. The van der Waals surface area contributed by atoms with Gasteiger partial charge in [0.05, 0.1) is 29.1 Å². The van der Waals surface area contributed by atoms with Crippen LogP contribution in [-0.4, -0.2) is 29.0 Å². The average Bonchev–Trinajstić information content (AvgIpc) is 3.49. The van der Waals surface area contributed by atoms with Crippen LogP contribution in [0.5, 0.6) is 0 Å². The topological polar surface area (TPSA) is 98.0 Å². The molecule has 34 heavy (non-hydrogen) atoms. The predicted octanol–water partition coefficient (Wildman–Crippen LogP) is 2.12. The zero-order chi connectivity index (χ0) is 24.1. The van der Waals surface area contributed by atoms with E-state index in [1.807, 2.05) is 17.5 Å². The third-order valence-electron chi connectivity index (χ3n) is 5.68. The molecular formula is C24H19N3O5S2. The highest BCUT2D eigenvalue weighted by molar-refractivity contribution is 7.10. The first-order valence-corrected chi connectivity index (χ1v) is 12.2. The first-order chi connectivity index (χ1) is 16.3. The number of anilines is 1. The number of carbonyl (C=O) groups is 3. The molecule has 3 aromatic rings. The molecule has 5 rings (SSSR count). The summed E-state index contributed by atoms with van der Waals surface area (Å²) in [6, 6.07) is 9.86. The van der Waals surface area contributed by atoms with Crippen molar-refractivity contribution in [2.75, 3.05) is 11.5 Å². The zero-order valence-corrected chi connectivity index (χ0v) is 20.2. The van der Waals surface area contributed by atoms with Gasteiger partial charge >= 0.3 is 5.97 Å². The first-order valence-electron chi connectivity index (χ1n) is 10.5. The number of thiazole rings is 1.